The third-order valence-electron chi connectivity index (χ3n) is 2.96. The van der Waals surface area contributed by atoms with Crippen LogP contribution in [0.2, 0.25) is 0 Å². The molecule has 0 saturated carbocycles. The van der Waals surface area contributed by atoms with Gasteiger partial charge in [0, 0.05) is 22.2 Å². The summed E-state index contributed by atoms with van der Waals surface area (Å²) in [5, 5.41) is 9.58. The number of carboxylic acid groups (broad SMARTS) is 1. The molecule has 112 valence electrons. The van der Waals surface area contributed by atoms with Crippen LogP contribution >= 0.6 is 0 Å². The molecule has 6 heteroatoms. The van der Waals surface area contributed by atoms with E-state index in [1.54, 1.807) is 30.3 Å². The molecule has 2 aromatic carbocycles. The second-order valence-corrected chi connectivity index (χ2v) is 4.56. The van der Waals surface area contributed by atoms with Crippen LogP contribution in [0.5, 0.6) is 0 Å². The normalized spacial score (nSPS) is 9.82. The first-order chi connectivity index (χ1) is 10.5. The number of carbonyl (C=O) groups is 2. The lowest BCUT2D eigenvalue weighted by molar-refractivity contribution is 0.0691. The number of benzene rings is 2. The number of H-pyrrole nitrogens is 1. The van der Waals surface area contributed by atoms with E-state index < -0.39 is 11.9 Å². The van der Waals surface area contributed by atoms with E-state index in [9.17, 15) is 9.59 Å². The van der Waals surface area contributed by atoms with Gasteiger partial charge in [-0.3, -0.25) is 4.79 Å². The summed E-state index contributed by atoms with van der Waals surface area (Å²) < 4.78 is 0. The smallest absolute Gasteiger partial charge is 0.352 e. The van der Waals surface area contributed by atoms with Crippen LogP contribution in [0.4, 0.5) is 5.69 Å². The van der Waals surface area contributed by atoms with E-state index >= 15 is 0 Å². The van der Waals surface area contributed by atoms with Crippen molar-refractivity contribution in [3.63, 3.8) is 0 Å². The number of hydrogen-bond acceptors (Lipinski definition) is 3. The molecular weight excluding hydrogens is 282 g/mol. The molecule has 0 aliphatic rings. The maximum Gasteiger partial charge on any atom is 0.352 e. The number of anilines is 1. The number of aromatic amines is 1. The number of carboxylic acids is 1. The molecule has 0 aliphatic carbocycles. The van der Waals surface area contributed by atoms with E-state index in [0.717, 1.165) is 10.9 Å². The van der Waals surface area contributed by atoms with Crippen LogP contribution in [0.3, 0.4) is 0 Å². The molecule has 0 spiro atoms. The predicted octanol–water partition coefficient (Wildman–Crippen LogP) is 2.23. The molecule has 1 heterocycles. The predicted molar refractivity (Wildman–Crippen MR) is 84.6 cm³/mol. The summed E-state index contributed by atoms with van der Waals surface area (Å²) in [5.41, 5.74) is 12.6. The van der Waals surface area contributed by atoms with Crippen LogP contribution in [0.15, 0.2) is 54.6 Å². The molecular formula is C16H15N3O3. The summed E-state index contributed by atoms with van der Waals surface area (Å²) in [7, 11) is 0. The highest BCUT2D eigenvalue weighted by molar-refractivity contribution is 5.93. The van der Waals surface area contributed by atoms with Gasteiger partial charge in [0.05, 0.1) is 0 Å². The second-order valence-electron chi connectivity index (χ2n) is 4.56. The van der Waals surface area contributed by atoms with Gasteiger partial charge < -0.3 is 21.6 Å². The van der Waals surface area contributed by atoms with Gasteiger partial charge in [-0.1, -0.05) is 18.2 Å². The molecule has 1 amide bonds. The van der Waals surface area contributed by atoms with Crippen molar-refractivity contribution in [2.24, 2.45) is 5.73 Å². The standard InChI is InChI=1S/C9H7NO2.C7H8N2O/c11-9(12)8-5-6-3-1-2-4-7(6)10-8;8-6-3-1-5(2-4-6)7(9)10/h1-5,10H,(H,11,12);1-4H,8H2,(H2,9,10). The van der Waals surface area contributed by atoms with Crippen molar-refractivity contribution in [3.8, 4) is 0 Å². The number of hydrogen-bond donors (Lipinski definition) is 4. The highest BCUT2D eigenvalue weighted by atomic mass is 16.4. The first-order valence-corrected chi connectivity index (χ1v) is 6.44. The fourth-order valence-electron chi connectivity index (χ4n) is 1.84. The SMILES string of the molecule is NC(=O)c1ccc(N)cc1.O=C(O)c1cc2ccccc2[nH]1. The van der Waals surface area contributed by atoms with Gasteiger partial charge in [0.15, 0.2) is 0 Å². The van der Waals surface area contributed by atoms with E-state index in [2.05, 4.69) is 4.98 Å². The summed E-state index contributed by atoms with van der Waals surface area (Å²) in [6, 6.07) is 15.6. The van der Waals surface area contributed by atoms with E-state index in [0.29, 0.717) is 11.3 Å². The zero-order valence-corrected chi connectivity index (χ0v) is 11.6. The molecule has 0 saturated heterocycles. The molecule has 6 nitrogen and oxygen atoms in total. The monoisotopic (exact) mass is 297 g/mol. The van der Waals surface area contributed by atoms with Crippen molar-refractivity contribution in [3.05, 3.63) is 65.9 Å². The van der Waals surface area contributed by atoms with Gasteiger partial charge in [0.1, 0.15) is 5.69 Å². The van der Waals surface area contributed by atoms with Gasteiger partial charge >= 0.3 is 5.97 Å². The minimum atomic E-state index is -0.925. The van der Waals surface area contributed by atoms with Crippen LogP contribution in [-0.2, 0) is 0 Å². The van der Waals surface area contributed by atoms with Crippen molar-refractivity contribution in [2.45, 2.75) is 0 Å². The van der Waals surface area contributed by atoms with Crippen LogP contribution in [-0.4, -0.2) is 22.0 Å². The minimum Gasteiger partial charge on any atom is -0.477 e. The molecule has 22 heavy (non-hydrogen) atoms. The summed E-state index contributed by atoms with van der Waals surface area (Å²) in [6.07, 6.45) is 0. The number of carbonyl (C=O) groups excluding carboxylic acids is 1. The number of nitrogen functional groups attached to an aromatic ring is 1. The molecule has 3 aromatic rings. The van der Waals surface area contributed by atoms with Crippen molar-refractivity contribution in [1.82, 2.24) is 4.98 Å². The third-order valence-corrected chi connectivity index (χ3v) is 2.96. The van der Waals surface area contributed by atoms with Gasteiger partial charge in [-0.15, -0.1) is 0 Å². The van der Waals surface area contributed by atoms with Gasteiger partial charge in [-0.2, -0.15) is 0 Å². The molecule has 0 bridgehead atoms. The zero-order chi connectivity index (χ0) is 16.1. The number of primary amides is 1. The van der Waals surface area contributed by atoms with Crippen molar-refractivity contribution < 1.29 is 14.7 Å². The Morgan fingerprint density at radius 2 is 1.64 bits per heavy atom. The Hall–Kier alpha value is -3.28. The van der Waals surface area contributed by atoms with Gasteiger partial charge in [0.2, 0.25) is 5.91 Å². The first kappa shape index (κ1) is 15.1. The Morgan fingerprint density at radius 3 is 2.18 bits per heavy atom. The summed E-state index contributed by atoms with van der Waals surface area (Å²) in [4.78, 5) is 23.8. The first-order valence-electron chi connectivity index (χ1n) is 6.44. The number of aromatic nitrogens is 1. The average Bonchev–Trinajstić information content (AvgIpc) is 2.92. The molecule has 1 aromatic heterocycles. The Morgan fingerprint density at radius 1 is 1.00 bits per heavy atom. The number of amides is 1. The van der Waals surface area contributed by atoms with E-state index in [1.807, 2.05) is 24.3 Å². The fourth-order valence-corrected chi connectivity index (χ4v) is 1.84. The maximum atomic E-state index is 10.5. The second kappa shape index (κ2) is 6.45. The summed E-state index contributed by atoms with van der Waals surface area (Å²) in [6.45, 7) is 0. The molecule has 0 radical (unpaired) electrons. The highest BCUT2D eigenvalue weighted by Gasteiger charge is 2.05. The third kappa shape index (κ3) is 3.63. The molecule has 6 N–H and O–H groups in total. The Labute approximate surface area is 126 Å². The summed E-state index contributed by atoms with van der Waals surface area (Å²) in [5.74, 6) is -1.36. The number of nitrogens with two attached hydrogens (primary N) is 2. The van der Waals surface area contributed by atoms with Crippen LogP contribution in [0, 0.1) is 0 Å². The number of aromatic carboxylic acids is 1. The van der Waals surface area contributed by atoms with E-state index in [-0.39, 0.29) is 5.69 Å². The maximum absolute atomic E-state index is 10.5. The number of fused-ring (bicyclic) bond motifs is 1. The number of para-hydroxylation sites is 1. The zero-order valence-electron chi connectivity index (χ0n) is 11.6. The molecule has 0 atom stereocenters. The number of rotatable bonds is 2. The lowest BCUT2D eigenvalue weighted by Crippen LogP contribution is -2.10. The lowest BCUT2D eigenvalue weighted by Gasteiger charge is -1.93. The topological polar surface area (TPSA) is 122 Å². The van der Waals surface area contributed by atoms with Crippen LogP contribution in [0.1, 0.15) is 20.8 Å². The average molecular weight is 297 g/mol. The largest absolute Gasteiger partial charge is 0.477 e. The molecule has 0 unspecified atom stereocenters. The van der Waals surface area contributed by atoms with Gasteiger partial charge in [-0.25, -0.2) is 4.79 Å². The number of nitrogens with one attached hydrogen (secondary N) is 1. The van der Waals surface area contributed by atoms with E-state index in [4.69, 9.17) is 16.6 Å². The van der Waals surface area contributed by atoms with E-state index in [1.165, 1.54) is 0 Å². The highest BCUT2D eigenvalue weighted by Crippen LogP contribution is 2.14. The quantitative estimate of drug-likeness (QED) is 0.542. The van der Waals surface area contributed by atoms with Gasteiger partial charge in [-0.05, 0) is 36.4 Å². The summed E-state index contributed by atoms with van der Waals surface area (Å²) >= 11 is 0. The Bertz CT molecular complexity index is 774. The van der Waals surface area contributed by atoms with Gasteiger partial charge in [0.25, 0.3) is 0 Å². The Kier molecular flexibility index (Phi) is 4.43. The molecule has 0 aliphatic heterocycles. The van der Waals surface area contributed by atoms with Crippen molar-refractivity contribution in [1.29, 1.82) is 0 Å². The molecule has 0 fully saturated rings. The van der Waals surface area contributed by atoms with Crippen molar-refractivity contribution >= 4 is 28.5 Å². The minimum absolute atomic E-state index is 0.233. The molecule has 3 rings (SSSR count). The lowest BCUT2D eigenvalue weighted by atomic mass is 10.2. The van der Waals surface area contributed by atoms with Crippen LogP contribution in [0.25, 0.3) is 10.9 Å². The van der Waals surface area contributed by atoms with Crippen molar-refractivity contribution in [2.75, 3.05) is 5.73 Å². The fraction of sp³-hybridized carbons (Fsp3) is 0. The van der Waals surface area contributed by atoms with Crippen LogP contribution < -0.4 is 11.5 Å². The Balaban J connectivity index is 0.000000164.